The van der Waals surface area contributed by atoms with E-state index in [2.05, 4.69) is 25.9 Å². The van der Waals surface area contributed by atoms with Crippen LogP contribution in [0.3, 0.4) is 0 Å². The molecule has 25 heavy (non-hydrogen) atoms. The van der Waals surface area contributed by atoms with Crippen LogP contribution in [0.1, 0.15) is 46.1 Å². The summed E-state index contributed by atoms with van der Waals surface area (Å²) in [6.45, 7) is 7.36. The smallest absolute Gasteiger partial charge is 0.287 e. The maximum Gasteiger partial charge on any atom is 0.287 e. The summed E-state index contributed by atoms with van der Waals surface area (Å²) in [7, 11) is 0. The summed E-state index contributed by atoms with van der Waals surface area (Å²) in [4.78, 5) is 12.2. The first kappa shape index (κ1) is 19.3. The largest absolute Gasteiger partial charge is 0.484 e. The van der Waals surface area contributed by atoms with Gasteiger partial charge in [-0.3, -0.25) is 4.79 Å². The van der Waals surface area contributed by atoms with Crippen molar-refractivity contribution in [1.82, 2.24) is 5.01 Å². The zero-order chi connectivity index (χ0) is 18.8. The molecule has 1 aliphatic heterocycles. The quantitative estimate of drug-likeness (QED) is 0.852. The molecule has 1 aliphatic rings. The summed E-state index contributed by atoms with van der Waals surface area (Å²) in [5, 5.41) is 14.2. The number of nitrogens with zero attached hydrogens (tertiary/aromatic N) is 2. The molecule has 0 aliphatic carbocycles. The van der Waals surface area contributed by atoms with Gasteiger partial charge in [-0.05, 0) is 36.5 Å². The molecule has 0 fully saturated rings. The second-order valence-corrected chi connectivity index (χ2v) is 6.95. The normalized spacial score (nSPS) is 20.8. The Morgan fingerprint density at radius 2 is 2.00 bits per heavy atom. The lowest BCUT2D eigenvalue weighted by Gasteiger charge is -2.29. The van der Waals surface area contributed by atoms with E-state index in [-0.39, 0.29) is 17.5 Å². The minimum atomic E-state index is -3.12. The van der Waals surface area contributed by atoms with E-state index in [1.54, 1.807) is 12.1 Å². The minimum absolute atomic E-state index is 0.0316. The lowest BCUT2D eigenvalue weighted by Crippen LogP contribution is -2.52. The summed E-state index contributed by atoms with van der Waals surface area (Å²) in [6.07, 6.45) is -2.52. The third-order valence-corrected chi connectivity index (χ3v) is 4.62. The van der Waals surface area contributed by atoms with Crippen molar-refractivity contribution in [2.45, 2.75) is 58.1 Å². The van der Waals surface area contributed by atoms with Crippen LogP contribution in [0, 0.1) is 0 Å². The van der Waals surface area contributed by atoms with E-state index >= 15 is 0 Å². The molecule has 5 nitrogen and oxygen atoms in total. The van der Waals surface area contributed by atoms with Crippen LogP contribution in [0.15, 0.2) is 29.4 Å². The number of ether oxygens (including phenoxy) is 1. The topological polar surface area (TPSA) is 62.1 Å². The lowest BCUT2D eigenvalue weighted by molar-refractivity contribution is -0.193. The Morgan fingerprint density at radius 1 is 1.40 bits per heavy atom. The highest BCUT2D eigenvalue weighted by Gasteiger charge is 2.50. The zero-order valence-electron chi connectivity index (χ0n) is 14.9. The van der Waals surface area contributed by atoms with Crippen molar-refractivity contribution < 1.29 is 23.4 Å². The molecule has 2 rings (SSSR count). The molecule has 1 aromatic carbocycles. The fraction of sp³-hybridized carbons (Fsp3) is 0.556. The Bertz CT molecular complexity index is 659. The molecule has 0 bridgehead atoms. The molecule has 0 spiro atoms. The first-order chi connectivity index (χ1) is 11.6. The number of benzene rings is 1. The van der Waals surface area contributed by atoms with E-state index in [0.29, 0.717) is 10.8 Å². The van der Waals surface area contributed by atoms with E-state index < -0.39 is 24.7 Å². The van der Waals surface area contributed by atoms with Crippen molar-refractivity contribution in [3.05, 3.63) is 29.8 Å². The van der Waals surface area contributed by atoms with Crippen LogP contribution in [0.4, 0.5) is 8.78 Å². The van der Waals surface area contributed by atoms with Crippen molar-refractivity contribution in [3.8, 4) is 5.75 Å². The summed E-state index contributed by atoms with van der Waals surface area (Å²) >= 11 is 0. The molecule has 1 amide bonds. The van der Waals surface area contributed by atoms with Crippen molar-refractivity contribution in [2.75, 3.05) is 6.61 Å². The SMILES string of the molecule is CCC(C)(C)c1ccc(OCC(=O)N2N=C(C)CC2(O)C(F)F)cc1. The number of halogens is 2. The number of alkyl halides is 2. The fourth-order valence-electron chi connectivity index (χ4n) is 2.60. The average Bonchev–Trinajstić information content (AvgIpc) is 2.89. The number of hydrogen-bond donors (Lipinski definition) is 1. The second kappa shape index (κ2) is 7.07. The van der Waals surface area contributed by atoms with Crippen LogP contribution >= 0.6 is 0 Å². The van der Waals surface area contributed by atoms with Gasteiger partial charge in [-0.25, -0.2) is 8.78 Å². The van der Waals surface area contributed by atoms with Crippen LogP contribution in [0.5, 0.6) is 5.75 Å². The highest BCUT2D eigenvalue weighted by molar-refractivity contribution is 5.89. The molecule has 1 N–H and O–H groups in total. The monoisotopic (exact) mass is 354 g/mol. The number of carbonyl (C=O) groups is 1. The third-order valence-electron chi connectivity index (χ3n) is 4.62. The van der Waals surface area contributed by atoms with Crippen molar-refractivity contribution >= 4 is 11.6 Å². The van der Waals surface area contributed by atoms with E-state index in [0.717, 1.165) is 12.0 Å². The van der Waals surface area contributed by atoms with Crippen molar-refractivity contribution in [1.29, 1.82) is 0 Å². The molecule has 7 heteroatoms. The lowest BCUT2D eigenvalue weighted by atomic mass is 9.82. The number of amides is 1. The summed E-state index contributed by atoms with van der Waals surface area (Å²) < 4.78 is 31.6. The van der Waals surface area contributed by atoms with E-state index in [1.165, 1.54) is 6.92 Å². The zero-order valence-corrected chi connectivity index (χ0v) is 14.9. The molecule has 0 saturated heterocycles. The fourth-order valence-corrected chi connectivity index (χ4v) is 2.60. The molecule has 0 aromatic heterocycles. The van der Waals surface area contributed by atoms with Crippen molar-refractivity contribution in [3.63, 3.8) is 0 Å². The van der Waals surface area contributed by atoms with Gasteiger partial charge in [0.05, 0.1) is 0 Å². The van der Waals surface area contributed by atoms with Crippen LogP contribution in [0.25, 0.3) is 0 Å². The van der Waals surface area contributed by atoms with Gasteiger partial charge in [0.15, 0.2) is 6.61 Å². The summed E-state index contributed by atoms with van der Waals surface area (Å²) in [6, 6.07) is 7.30. The van der Waals surface area contributed by atoms with E-state index in [9.17, 15) is 18.7 Å². The van der Waals surface area contributed by atoms with Gasteiger partial charge in [-0.15, -0.1) is 0 Å². The van der Waals surface area contributed by atoms with Crippen molar-refractivity contribution in [2.24, 2.45) is 5.10 Å². The molecule has 138 valence electrons. The number of rotatable bonds is 6. The molecule has 1 unspecified atom stereocenters. The van der Waals surface area contributed by atoms with Gasteiger partial charge in [-0.1, -0.05) is 32.9 Å². The van der Waals surface area contributed by atoms with Gasteiger partial charge in [0.25, 0.3) is 12.3 Å². The molecular weight excluding hydrogens is 330 g/mol. The van der Waals surface area contributed by atoms with Gasteiger partial charge >= 0.3 is 0 Å². The molecular formula is C18H24F2N2O3. The second-order valence-electron chi connectivity index (χ2n) is 6.95. The van der Waals surface area contributed by atoms with Gasteiger partial charge < -0.3 is 9.84 Å². The first-order valence-electron chi connectivity index (χ1n) is 8.21. The third kappa shape index (κ3) is 3.98. The highest BCUT2D eigenvalue weighted by Crippen LogP contribution is 2.31. The standard InChI is InChI=1S/C18H24F2N2O3/c1-5-17(3,4)13-6-8-14(9-7-13)25-11-15(23)22-18(24,16(19)20)10-12(2)21-22/h6-9,16,24H,5,10-11H2,1-4H3. The molecule has 1 heterocycles. The first-order valence-corrected chi connectivity index (χ1v) is 8.21. The van der Waals surface area contributed by atoms with Gasteiger partial charge in [0.2, 0.25) is 5.72 Å². The average molecular weight is 354 g/mol. The van der Waals surface area contributed by atoms with E-state index in [4.69, 9.17) is 4.74 Å². The van der Waals surface area contributed by atoms with Gasteiger partial charge in [-0.2, -0.15) is 10.1 Å². The van der Waals surface area contributed by atoms with Crippen LogP contribution in [0.2, 0.25) is 0 Å². The molecule has 0 radical (unpaired) electrons. The predicted molar refractivity (Wildman–Crippen MR) is 90.8 cm³/mol. The van der Waals surface area contributed by atoms with E-state index in [1.807, 2.05) is 12.1 Å². The minimum Gasteiger partial charge on any atom is -0.484 e. The summed E-state index contributed by atoms with van der Waals surface area (Å²) in [5.74, 6) is -0.373. The van der Waals surface area contributed by atoms with Crippen LogP contribution in [-0.4, -0.2) is 40.5 Å². The molecule has 1 aromatic rings. The van der Waals surface area contributed by atoms with Gasteiger partial charge in [0, 0.05) is 12.1 Å². The molecule has 1 atom stereocenters. The Balaban J connectivity index is 2.02. The van der Waals surface area contributed by atoms with Gasteiger partial charge in [0.1, 0.15) is 5.75 Å². The summed E-state index contributed by atoms with van der Waals surface area (Å²) in [5.41, 5.74) is -1.16. The van der Waals surface area contributed by atoms with Crippen LogP contribution < -0.4 is 4.74 Å². The predicted octanol–water partition coefficient (Wildman–Crippen LogP) is 3.31. The molecule has 0 saturated carbocycles. The van der Waals surface area contributed by atoms with Crippen LogP contribution in [-0.2, 0) is 10.2 Å². The number of aliphatic hydroxyl groups is 1. The number of carbonyl (C=O) groups excluding carboxylic acids is 1. The maximum absolute atomic E-state index is 13.1. The number of hydrogen-bond acceptors (Lipinski definition) is 4. The number of hydrazone groups is 1. The Morgan fingerprint density at radius 3 is 2.52 bits per heavy atom. The highest BCUT2D eigenvalue weighted by atomic mass is 19.3. The Kier molecular flexibility index (Phi) is 5.46. The Labute approximate surface area is 146 Å². The maximum atomic E-state index is 13.1. The Hall–Kier alpha value is -2.02.